The topological polar surface area (TPSA) is 49.0 Å². The number of nitriles is 1. The standard InChI is InChI=1S/C18H16N2O/c1-13(18-10-16-7-2-3-8-17(16)21-18)20-12-15-6-4-5-14(9-15)11-19/h2-10,13,20H,12H2,1H3/t13-/m1/s1. The number of nitrogens with one attached hydrogen (secondary N) is 1. The quantitative estimate of drug-likeness (QED) is 0.778. The minimum absolute atomic E-state index is 0.114. The van der Waals surface area contributed by atoms with Crippen molar-refractivity contribution in [2.24, 2.45) is 0 Å². The van der Waals surface area contributed by atoms with Crippen molar-refractivity contribution in [1.82, 2.24) is 5.32 Å². The molecule has 2 aromatic carbocycles. The average molecular weight is 276 g/mol. The molecule has 1 N–H and O–H groups in total. The first kappa shape index (κ1) is 13.4. The molecule has 0 spiro atoms. The van der Waals surface area contributed by atoms with Gasteiger partial charge in [0.2, 0.25) is 0 Å². The van der Waals surface area contributed by atoms with E-state index < -0.39 is 0 Å². The maximum absolute atomic E-state index is 8.91. The normalized spacial score (nSPS) is 12.2. The van der Waals surface area contributed by atoms with Crippen LogP contribution in [0.3, 0.4) is 0 Å². The molecule has 0 amide bonds. The van der Waals surface area contributed by atoms with Crippen LogP contribution < -0.4 is 5.32 Å². The summed E-state index contributed by atoms with van der Waals surface area (Å²) >= 11 is 0. The van der Waals surface area contributed by atoms with E-state index in [0.717, 1.165) is 22.3 Å². The fourth-order valence-corrected chi connectivity index (χ4v) is 2.34. The third-order valence-electron chi connectivity index (χ3n) is 3.54. The summed E-state index contributed by atoms with van der Waals surface area (Å²) in [6, 6.07) is 20.0. The molecule has 3 heteroatoms. The van der Waals surface area contributed by atoms with Gasteiger partial charge in [-0.3, -0.25) is 0 Å². The van der Waals surface area contributed by atoms with Gasteiger partial charge in [-0.1, -0.05) is 30.3 Å². The van der Waals surface area contributed by atoms with Gasteiger partial charge in [0, 0.05) is 11.9 Å². The van der Waals surface area contributed by atoms with Crippen LogP contribution in [0.2, 0.25) is 0 Å². The summed E-state index contributed by atoms with van der Waals surface area (Å²) < 4.78 is 5.85. The van der Waals surface area contributed by atoms with E-state index in [1.165, 1.54) is 0 Å². The molecule has 0 aliphatic rings. The Morgan fingerprint density at radius 3 is 2.81 bits per heavy atom. The van der Waals surface area contributed by atoms with E-state index in [0.29, 0.717) is 12.1 Å². The Hall–Kier alpha value is -2.57. The molecular weight excluding hydrogens is 260 g/mol. The molecule has 0 radical (unpaired) electrons. The summed E-state index contributed by atoms with van der Waals surface area (Å²) in [5.41, 5.74) is 2.69. The van der Waals surface area contributed by atoms with Crippen LogP contribution in [0.15, 0.2) is 59.0 Å². The van der Waals surface area contributed by atoms with Crippen LogP contribution in [0.4, 0.5) is 0 Å². The van der Waals surface area contributed by atoms with Crippen LogP contribution in [0.5, 0.6) is 0 Å². The van der Waals surface area contributed by atoms with E-state index in [4.69, 9.17) is 9.68 Å². The van der Waals surface area contributed by atoms with Gasteiger partial charge < -0.3 is 9.73 Å². The van der Waals surface area contributed by atoms with E-state index >= 15 is 0 Å². The van der Waals surface area contributed by atoms with E-state index in [1.807, 2.05) is 48.5 Å². The maximum atomic E-state index is 8.91. The molecule has 1 atom stereocenters. The fraction of sp³-hybridized carbons (Fsp3) is 0.167. The SMILES string of the molecule is C[C@@H](NCc1cccc(C#N)c1)c1cc2ccccc2o1. The van der Waals surface area contributed by atoms with E-state index in [9.17, 15) is 0 Å². The number of rotatable bonds is 4. The lowest BCUT2D eigenvalue weighted by atomic mass is 10.1. The summed E-state index contributed by atoms with van der Waals surface area (Å²) in [7, 11) is 0. The Morgan fingerprint density at radius 1 is 1.14 bits per heavy atom. The van der Waals surface area contributed by atoms with Crippen LogP contribution in [0, 0.1) is 11.3 Å². The number of furan rings is 1. The maximum Gasteiger partial charge on any atom is 0.134 e. The predicted molar refractivity (Wildman–Crippen MR) is 82.6 cm³/mol. The van der Waals surface area contributed by atoms with Gasteiger partial charge in [0.25, 0.3) is 0 Å². The molecule has 0 aliphatic carbocycles. The first-order chi connectivity index (χ1) is 10.3. The molecule has 3 rings (SSSR count). The van der Waals surface area contributed by atoms with Gasteiger partial charge in [-0.25, -0.2) is 0 Å². The van der Waals surface area contributed by atoms with E-state index in [-0.39, 0.29) is 6.04 Å². The van der Waals surface area contributed by atoms with Crippen molar-refractivity contribution in [2.45, 2.75) is 19.5 Å². The highest BCUT2D eigenvalue weighted by molar-refractivity contribution is 5.77. The molecule has 0 unspecified atom stereocenters. The second-order valence-electron chi connectivity index (χ2n) is 5.10. The number of hydrogen-bond donors (Lipinski definition) is 1. The summed E-state index contributed by atoms with van der Waals surface area (Å²) in [5, 5.41) is 13.5. The van der Waals surface area contributed by atoms with Crippen molar-refractivity contribution in [3.63, 3.8) is 0 Å². The van der Waals surface area contributed by atoms with Crippen molar-refractivity contribution < 1.29 is 4.42 Å². The summed E-state index contributed by atoms with van der Waals surface area (Å²) in [6.07, 6.45) is 0. The second kappa shape index (κ2) is 5.82. The van der Waals surface area contributed by atoms with Crippen LogP contribution in [-0.4, -0.2) is 0 Å². The van der Waals surface area contributed by atoms with Crippen LogP contribution in [0.1, 0.15) is 29.9 Å². The van der Waals surface area contributed by atoms with Gasteiger partial charge in [-0.05, 0) is 36.8 Å². The Labute approximate surface area is 123 Å². The monoisotopic (exact) mass is 276 g/mol. The van der Waals surface area contributed by atoms with Crippen molar-refractivity contribution in [1.29, 1.82) is 5.26 Å². The molecule has 3 nitrogen and oxygen atoms in total. The zero-order valence-corrected chi connectivity index (χ0v) is 11.8. The van der Waals surface area contributed by atoms with Crippen molar-refractivity contribution >= 4 is 11.0 Å². The number of para-hydroxylation sites is 1. The molecule has 1 heterocycles. The lowest BCUT2D eigenvalue weighted by molar-refractivity contribution is 0.451. The Kier molecular flexibility index (Phi) is 3.72. The van der Waals surface area contributed by atoms with Gasteiger partial charge in [0.1, 0.15) is 11.3 Å². The first-order valence-corrected chi connectivity index (χ1v) is 6.97. The molecule has 21 heavy (non-hydrogen) atoms. The van der Waals surface area contributed by atoms with Gasteiger partial charge in [-0.15, -0.1) is 0 Å². The number of hydrogen-bond acceptors (Lipinski definition) is 3. The smallest absolute Gasteiger partial charge is 0.134 e. The molecule has 3 aromatic rings. The zero-order valence-electron chi connectivity index (χ0n) is 11.8. The molecular formula is C18H16N2O. The Morgan fingerprint density at radius 2 is 2.00 bits per heavy atom. The third-order valence-corrected chi connectivity index (χ3v) is 3.54. The lowest BCUT2D eigenvalue weighted by Gasteiger charge is -2.11. The lowest BCUT2D eigenvalue weighted by Crippen LogP contribution is -2.17. The largest absolute Gasteiger partial charge is 0.459 e. The van der Waals surface area contributed by atoms with Gasteiger partial charge in [-0.2, -0.15) is 5.26 Å². The average Bonchev–Trinajstić information content (AvgIpc) is 2.97. The van der Waals surface area contributed by atoms with Crippen LogP contribution >= 0.6 is 0 Å². The van der Waals surface area contributed by atoms with E-state index in [2.05, 4.69) is 24.4 Å². The predicted octanol–water partition coefficient (Wildman–Crippen LogP) is 4.16. The zero-order chi connectivity index (χ0) is 14.7. The summed E-state index contributed by atoms with van der Waals surface area (Å²) in [4.78, 5) is 0. The minimum atomic E-state index is 0.114. The first-order valence-electron chi connectivity index (χ1n) is 6.97. The second-order valence-corrected chi connectivity index (χ2v) is 5.10. The molecule has 0 saturated heterocycles. The minimum Gasteiger partial charge on any atom is -0.459 e. The Bertz CT molecular complexity index is 765. The third kappa shape index (κ3) is 2.96. The van der Waals surface area contributed by atoms with Crippen molar-refractivity contribution in [3.05, 3.63) is 71.5 Å². The van der Waals surface area contributed by atoms with E-state index in [1.54, 1.807) is 0 Å². The number of fused-ring (bicyclic) bond motifs is 1. The summed E-state index contributed by atoms with van der Waals surface area (Å²) in [5.74, 6) is 0.924. The van der Waals surface area contributed by atoms with Crippen LogP contribution in [-0.2, 0) is 6.54 Å². The van der Waals surface area contributed by atoms with Gasteiger partial charge in [0.15, 0.2) is 0 Å². The van der Waals surface area contributed by atoms with Gasteiger partial charge in [0.05, 0.1) is 17.7 Å². The molecule has 0 saturated carbocycles. The molecule has 0 bridgehead atoms. The molecule has 104 valence electrons. The highest BCUT2D eigenvalue weighted by Crippen LogP contribution is 2.23. The highest BCUT2D eigenvalue weighted by atomic mass is 16.3. The van der Waals surface area contributed by atoms with Crippen molar-refractivity contribution in [2.75, 3.05) is 0 Å². The van der Waals surface area contributed by atoms with Crippen LogP contribution in [0.25, 0.3) is 11.0 Å². The summed E-state index contributed by atoms with van der Waals surface area (Å²) in [6.45, 7) is 2.78. The Balaban J connectivity index is 1.71. The van der Waals surface area contributed by atoms with Gasteiger partial charge >= 0.3 is 0 Å². The molecule has 0 fully saturated rings. The van der Waals surface area contributed by atoms with Crippen molar-refractivity contribution in [3.8, 4) is 6.07 Å². The molecule has 0 aliphatic heterocycles. The highest BCUT2D eigenvalue weighted by Gasteiger charge is 2.10. The molecule has 1 aromatic heterocycles. The fourth-order valence-electron chi connectivity index (χ4n) is 2.34. The number of benzene rings is 2. The number of nitrogens with zero attached hydrogens (tertiary/aromatic N) is 1.